The molecular weight excluding hydrogens is 755 g/mol. The van der Waals surface area contributed by atoms with Crippen molar-refractivity contribution in [2.45, 2.75) is 232 Å². The predicted octanol–water partition coefficient (Wildman–Crippen LogP) is 14.9. The van der Waals surface area contributed by atoms with Crippen molar-refractivity contribution < 1.29 is 24.5 Å². The van der Waals surface area contributed by atoms with E-state index in [1.165, 1.54) is 64.2 Å². The highest BCUT2D eigenvalue weighted by Gasteiger charge is 2.24. The Morgan fingerprint density at radius 2 is 0.967 bits per heavy atom. The minimum atomic E-state index is -0.807. The lowest BCUT2D eigenvalue weighted by Gasteiger charge is -2.24. The molecule has 0 aliphatic heterocycles. The fourth-order valence-corrected chi connectivity index (χ4v) is 7.05. The van der Waals surface area contributed by atoms with Crippen LogP contribution in [-0.2, 0) is 14.3 Å². The second-order valence-electron chi connectivity index (χ2n) is 16.6. The molecular formula is C55H93NO5. The number of allylic oxidation sites excluding steroid dienone is 16. The van der Waals surface area contributed by atoms with E-state index in [2.05, 4.69) is 80.8 Å². The number of ether oxygens (including phenoxy) is 1. The molecule has 1 amide bonds. The molecule has 0 saturated heterocycles. The normalized spacial score (nSPS) is 14.1. The zero-order valence-electron chi connectivity index (χ0n) is 39.5. The van der Waals surface area contributed by atoms with E-state index in [0.717, 1.165) is 103 Å². The van der Waals surface area contributed by atoms with Gasteiger partial charge >= 0.3 is 5.97 Å². The quantitative estimate of drug-likeness (QED) is 0.0246. The molecule has 6 heteroatoms. The van der Waals surface area contributed by atoms with Crippen LogP contribution in [0.15, 0.2) is 97.2 Å². The molecule has 0 saturated carbocycles. The second kappa shape index (κ2) is 47.8. The van der Waals surface area contributed by atoms with E-state index in [9.17, 15) is 19.8 Å². The van der Waals surface area contributed by atoms with Gasteiger partial charge in [0, 0.05) is 6.42 Å². The highest BCUT2D eigenvalue weighted by atomic mass is 16.5. The van der Waals surface area contributed by atoms with Crippen molar-refractivity contribution in [3.05, 3.63) is 97.2 Å². The van der Waals surface area contributed by atoms with E-state index in [1.807, 2.05) is 42.5 Å². The van der Waals surface area contributed by atoms with Crippen molar-refractivity contribution in [3.8, 4) is 0 Å². The third-order valence-corrected chi connectivity index (χ3v) is 10.8. The van der Waals surface area contributed by atoms with Gasteiger partial charge in [0.25, 0.3) is 0 Å². The molecule has 0 aliphatic rings. The Hall–Kier alpha value is -3.22. The number of hydrogen-bond donors (Lipinski definition) is 3. The highest BCUT2D eigenvalue weighted by molar-refractivity contribution is 5.77. The SMILES string of the molecule is CC/C=C/C=C/C=C\C=C/C=C/CCCCCC(=O)OC(CCCCCC/C=C/C/C=C/C/C=C/CC)CC(=O)NC(CO)C(O)CCCCCCCCCCCCCCC. The van der Waals surface area contributed by atoms with E-state index < -0.39 is 18.2 Å². The van der Waals surface area contributed by atoms with Crippen LogP contribution < -0.4 is 5.32 Å². The van der Waals surface area contributed by atoms with E-state index >= 15 is 0 Å². The number of carbonyl (C=O) groups excluding carboxylic acids is 2. The minimum Gasteiger partial charge on any atom is -0.462 e. The lowest BCUT2D eigenvalue weighted by Crippen LogP contribution is -2.46. The first-order valence-corrected chi connectivity index (χ1v) is 25.0. The standard InChI is InChI=1S/C55H93NO5/c1-4-7-10-13-16-19-22-25-27-30-33-36-39-42-45-48-55(60)61-51(46-43-40-37-34-31-29-26-23-20-17-14-11-8-5-2)49-54(59)56-52(50-57)53(58)47-44-41-38-35-32-28-24-21-18-15-12-9-6-3/h7-8,10-11,13,16-17,19-20,22,25-27,29-30,33,51-53,57-58H,4-6,9,12,14-15,18,21,23-24,28,31-32,34-50H2,1-3H3,(H,56,59)/b10-7+,11-8+,16-13+,20-17+,22-19-,27-25-,29-26+,33-30+. The van der Waals surface area contributed by atoms with Gasteiger partial charge in [0.15, 0.2) is 0 Å². The number of nitrogens with one attached hydrogen (secondary N) is 1. The van der Waals surface area contributed by atoms with Gasteiger partial charge in [-0.2, -0.15) is 0 Å². The molecule has 61 heavy (non-hydrogen) atoms. The third-order valence-electron chi connectivity index (χ3n) is 10.8. The van der Waals surface area contributed by atoms with Gasteiger partial charge in [-0.25, -0.2) is 0 Å². The molecule has 0 bridgehead atoms. The molecule has 0 aromatic heterocycles. The molecule has 0 rings (SSSR count). The molecule has 0 radical (unpaired) electrons. The molecule has 0 fully saturated rings. The monoisotopic (exact) mass is 848 g/mol. The van der Waals surface area contributed by atoms with Crippen LogP contribution in [0.5, 0.6) is 0 Å². The number of carbonyl (C=O) groups is 2. The number of aliphatic hydroxyl groups excluding tert-OH is 2. The number of amides is 1. The average Bonchev–Trinajstić information content (AvgIpc) is 3.25. The van der Waals surface area contributed by atoms with Crippen LogP contribution in [0.3, 0.4) is 0 Å². The van der Waals surface area contributed by atoms with E-state index in [-0.39, 0.29) is 24.9 Å². The molecule has 0 aromatic rings. The molecule has 3 N–H and O–H groups in total. The van der Waals surface area contributed by atoms with Crippen molar-refractivity contribution >= 4 is 11.9 Å². The van der Waals surface area contributed by atoms with E-state index in [1.54, 1.807) is 0 Å². The largest absolute Gasteiger partial charge is 0.462 e. The first kappa shape index (κ1) is 57.8. The summed E-state index contributed by atoms with van der Waals surface area (Å²) < 4.78 is 5.90. The Labute approximate surface area is 376 Å². The molecule has 348 valence electrons. The number of hydrogen-bond acceptors (Lipinski definition) is 5. The van der Waals surface area contributed by atoms with Gasteiger partial charge < -0.3 is 20.3 Å². The minimum absolute atomic E-state index is 0.0396. The zero-order valence-corrected chi connectivity index (χ0v) is 39.5. The smallest absolute Gasteiger partial charge is 0.306 e. The average molecular weight is 848 g/mol. The zero-order chi connectivity index (χ0) is 44.5. The van der Waals surface area contributed by atoms with Gasteiger partial charge in [-0.3, -0.25) is 9.59 Å². The van der Waals surface area contributed by atoms with Gasteiger partial charge in [-0.05, 0) is 77.0 Å². The van der Waals surface area contributed by atoms with Crippen molar-refractivity contribution in [3.63, 3.8) is 0 Å². The summed E-state index contributed by atoms with van der Waals surface area (Å²) in [7, 11) is 0. The number of aliphatic hydroxyl groups is 2. The predicted molar refractivity (Wildman–Crippen MR) is 264 cm³/mol. The summed E-state index contributed by atoms with van der Waals surface area (Å²) in [5, 5.41) is 23.7. The van der Waals surface area contributed by atoms with Gasteiger partial charge in [0.1, 0.15) is 6.10 Å². The van der Waals surface area contributed by atoms with Gasteiger partial charge in [-0.15, -0.1) is 0 Å². The summed E-state index contributed by atoms with van der Waals surface area (Å²) in [6, 6.07) is -0.723. The maximum absolute atomic E-state index is 13.2. The summed E-state index contributed by atoms with van der Waals surface area (Å²) in [4.78, 5) is 26.1. The fraction of sp³-hybridized carbons (Fsp3) is 0.673. The molecule has 0 aromatic carbocycles. The van der Waals surface area contributed by atoms with E-state index in [0.29, 0.717) is 19.3 Å². The molecule has 0 aliphatic carbocycles. The van der Waals surface area contributed by atoms with Crippen LogP contribution in [0.1, 0.15) is 213 Å². The van der Waals surface area contributed by atoms with Crippen LogP contribution in [0, 0.1) is 0 Å². The lowest BCUT2D eigenvalue weighted by molar-refractivity contribution is -0.151. The Kier molecular flexibility index (Phi) is 45.3. The Morgan fingerprint density at radius 3 is 1.54 bits per heavy atom. The topological polar surface area (TPSA) is 95.9 Å². The summed E-state index contributed by atoms with van der Waals surface area (Å²) in [5.41, 5.74) is 0. The van der Waals surface area contributed by atoms with Gasteiger partial charge in [0.2, 0.25) is 5.91 Å². The maximum Gasteiger partial charge on any atom is 0.306 e. The fourth-order valence-electron chi connectivity index (χ4n) is 7.05. The molecule has 0 spiro atoms. The summed E-state index contributed by atoms with van der Waals surface area (Å²) >= 11 is 0. The van der Waals surface area contributed by atoms with Gasteiger partial charge in [0.05, 0.1) is 25.2 Å². The van der Waals surface area contributed by atoms with Crippen molar-refractivity contribution in [1.82, 2.24) is 5.32 Å². The molecule has 3 unspecified atom stereocenters. The van der Waals surface area contributed by atoms with Crippen LogP contribution in [0.2, 0.25) is 0 Å². The molecule has 3 atom stereocenters. The number of unbranched alkanes of at least 4 members (excludes halogenated alkanes) is 19. The van der Waals surface area contributed by atoms with Crippen LogP contribution in [0.4, 0.5) is 0 Å². The second-order valence-corrected chi connectivity index (χ2v) is 16.6. The Morgan fingerprint density at radius 1 is 0.508 bits per heavy atom. The Bertz CT molecular complexity index is 1220. The Balaban J connectivity index is 4.72. The van der Waals surface area contributed by atoms with Crippen LogP contribution in [0.25, 0.3) is 0 Å². The van der Waals surface area contributed by atoms with Crippen molar-refractivity contribution in [2.75, 3.05) is 6.61 Å². The lowest BCUT2D eigenvalue weighted by atomic mass is 10.0. The molecule has 0 heterocycles. The van der Waals surface area contributed by atoms with Gasteiger partial charge in [-0.1, -0.05) is 221 Å². The van der Waals surface area contributed by atoms with Crippen LogP contribution in [-0.4, -0.2) is 46.9 Å². The van der Waals surface area contributed by atoms with Crippen molar-refractivity contribution in [1.29, 1.82) is 0 Å². The summed E-state index contributed by atoms with van der Waals surface area (Å²) in [6.45, 7) is 6.20. The van der Waals surface area contributed by atoms with Crippen LogP contribution >= 0.6 is 0 Å². The maximum atomic E-state index is 13.2. The van der Waals surface area contributed by atoms with E-state index in [4.69, 9.17) is 4.74 Å². The first-order valence-electron chi connectivity index (χ1n) is 25.0. The van der Waals surface area contributed by atoms with Crippen molar-refractivity contribution in [2.24, 2.45) is 0 Å². The molecule has 6 nitrogen and oxygen atoms in total. The highest BCUT2D eigenvalue weighted by Crippen LogP contribution is 2.17. The summed E-state index contributed by atoms with van der Waals surface area (Å²) in [6.07, 6.45) is 63.2. The first-order chi connectivity index (χ1) is 30.0. The number of esters is 1. The number of rotatable bonds is 43. The third kappa shape index (κ3) is 43.2. The summed E-state index contributed by atoms with van der Waals surface area (Å²) in [5.74, 6) is -0.553.